The minimum atomic E-state index is 0. The first-order valence-electron chi connectivity index (χ1n) is 9.76. The van der Waals surface area contributed by atoms with Gasteiger partial charge in [-0.05, 0) is 32.6 Å². The SMILES string of the molecule is CCNC(=NCc1cc(C(CC)CC)no1)N1CCC2(CCOC2)C1.I. The van der Waals surface area contributed by atoms with Crippen LogP contribution < -0.4 is 5.32 Å². The molecule has 1 aromatic rings. The summed E-state index contributed by atoms with van der Waals surface area (Å²) in [5, 5.41) is 7.67. The molecule has 6 nitrogen and oxygen atoms in total. The molecule has 2 aliphatic rings. The van der Waals surface area contributed by atoms with Gasteiger partial charge in [0.15, 0.2) is 11.7 Å². The fraction of sp³-hybridized carbons (Fsp3) is 0.789. The van der Waals surface area contributed by atoms with E-state index in [9.17, 15) is 0 Å². The maximum absolute atomic E-state index is 5.64. The minimum absolute atomic E-state index is 0. The first kappa shape index (κ1) is 21.5. The topological polar surface area (TPSA) is 62.9 Å². The van der Waals surface area contributed by atoms with E-state index in [4.69, 9.17) is 14.3 Å². The third-order valence-electron chi connectivity index (χ3n) is 5.62. The highest BCUT2D eigenvalue weighted by Gasteiger charge is 2.42. The summed E-state index contributed by atoms with van der Waals surface area (Å²) in [6.45, 7) is 11.8. The lowest BCUT2D eigenvalue weighted by atomic mass is 9.87. The highest BCUT2D eigenvalue weighted by atomic mass is 127. The quantitative estimate of drug-likeness (QED) is 0.385. The summed E-state index contributed by atoms with van der Waals surface area (Å²) < 4.78 is 11.1. The van der Waals surface area contributed by atoms with E-state index < -0.39 is 0 Å². The number of rotatable bonds is 6. The largest absolute Gasteiger partial charge is 0.381 e. The van der Waals surface area contributed by atoms with E-state index in [1.54, 1.807) is 0 Å². The number of aliphatic imine (C=N–C) groups is 1. The van der Waals surface area contributed by atoms with Crippen LogP contribution in [-0.4, -0.2) is 48.9 Å². The molecule has 1 N–H and O–H groups in total. The summed E-state index contributed by atoms with van der Waals surface area (Å²) in [5.74, 6) is 2.30. The molecule has 2 aliphatic heterocycles. The lowest BCUT2D eigenvalue weighted by Crippen LogP contribution is -2.41. The maximum atomic E-state index is 5.64. The summed E-state index contributed by atoms with van der Waals surface area (Å²) in [6.07, 6.45) is 4.54. The number of halogens is 1. The van der Waals surface area contributed by atoms with Crippen LogP contribution in [-0.2, 0) is 11.3 Å². The molecule has 1 aromatic heterocycles. The highest BCUT2D eigenvalue weighted by Crippen LogP contribution is 2.38. The number of ether oxygens (including phenoxy) is 1. The molecule has 3 heterocycles. The van der Waals surface area contributed by atoms with Gasteiger partial charge in [-0.2, -0.15) is 0 Å². The molecule has 2 saturated heterocycles. The molecule has 148 valence electrons. The standard InChI is InChI=1S/C19H32N4O2.HI/c1-4-15(5-2)17-11-16(25-22-17)12-21-18(20-6-3)23-9-7-19(13-23)8-10-24-14-19;/h11,15H,4-10,12-14H2,1-3H3,(H,20,21);1H. The zero-order valence-electron chi connectivity index (χ0n) is 16.3. The Bertz CT molecular complexity index is 580. The van der Waals surface area contributed by atoms with E-state index in [0.717, 1.165) is 63.1 Å². The molecule has 3 rings (SSSR count). The van der Waals surface area contributed by atoms with Crippen molar-refractivity contribution in [1.82, 2.24) is 15.4 Å². The van der Waals surface area contributed by atoms with Gasteiger partial charge in [0, 0.05) is 43.6 Å². The van der Waals surface area contributed by atoms with E-state index >= 15 is 0 Å². The molecule has 1 atom stereocenters. The fourth-order valence-electron chi connectivity index (χ4n) is 3.97. The normalized spacial score (nSPS) is 23.1. The summed E-state index contributed by atoms with van der Waals surface area (Å²) in [5.41, 5.74) is 1.40. The molecule has 0 amide bonds. The van der Waals surface area contributed by atoms with E-state index in [0.29, 0.717) is 17.9 Å². The van der Waals surface area contributed by atoms with Gasteiger partial charge in [0.1, 0.15) is 6.54 Å². The second-order valence-corrected chi connectivity index (χ2v) is 7.38. The average molecular weight is 476 g/mol. The summed E-state index contributed by atoms with van der Waals surface area (Å²) in [7, 11) is 0. The Morgan fingerprint density at radius 3 is 2.81 bits per heavy atom. The van der Waals surface area contributed by atoms with Gasteiger partial charge < -0.3 is 19.5 Å². The van der Waals surface area contributed by atoms with Gasteiger partial charge in [0.05, 0.1) is 12.3 Å². The van der Waals surface area contributed by atoms with Crippen LogP contribution in [0.3, 0.4) is 0 Å². The second kappa shape index (κ2) is 9.92. The van der Waals surface area contributed by atoms with Crippen LogP contribution in [0.4, 0.5) is 0 Å². The lowest BCUT2D eigenvalue weighted by molar-refractivity contribution is 0.156. The summed E-state index contributed by atoms with van der Waals surface area (Å²) >= 11 is 0. The van der Waals surface area contributed by atoms with E-state index in [-0.39, 0.29) is 24.0 Å². The number of hydrogen-bond acceptors (Lipinski definition) is 4. The van der Waals surface area contributed by atoms with Crippen LogP contribution in [0.2, 0.25) is 0 Å². The van der Waals surface area contributed by atoms with Crippen molar-refractivity contribution in [3.05, 3.63) is 17.5 Å². The Kier molecular flexibility index (Phi) is 8.19. The average Bonchev–Trinajstić information content (AvgIpc) is 3.36. The molecule has 0 bridgehead atoms. The van der Waals surface area contributed by atoms with Gasteiger partial charge in [-0.1, -0.05) is 19.0 Å². The molecule has 26 heavy (non-hydrogen) atoms. The van der Waals surface area contributed by atoms with Crippen LogP contribution >= 0.6 is 24.0 Å². The van der Waals surface area contributed by atoms with Crippen LogP contribution in [0.15, 0.2) is 15.6 Å². The molecule has 0 saturated carbocycles. The molecular weight excluding hydrogens is 443 g/mol. The lowest BCUT2D eigenvalue weighted by Gasteiger charge is -2.24. The fourth-order valence-corrected chi connectivity index (χ4v) is 3.97. The van der Waals surface area contributed by atoms with E-state index in [1.807, 2.05) is 0 Å². The molecule has 0 aromatic carbocycles. The number of nitrogens with one attached hydrogen (secondary N) is 1. The van der Waals surface area contributed by atoms with Crippen molar-refractivity contribution in [2.75, 3.05) is 32.8 Å². The van der Waals surface area contributed by atoms with Crippen molar-refractivity contribution in [2.45, 2.75) is 58.9 Å². The van der Waals surface area contributed by atoms with Gasteiger partial charge in [-0.25, -0.2) is 4.99 Å². The Morgan fingerprint density at radius 2 is 2.15 bits per heavy atom. The first-order valence-corrected chi connectivity index (χ1v) is 9.76. The van der Waals surface area contributed by atoms with Crippen molar-refractivity contribution in [1.29, 1.82) is 0 Å². The van der Waals surface area contributed by atoms with Crippen LogP contribution in [0.25, 0.3) is 0 Å². The van der Waals surface area contributed by atoms with Crippen molar-refractivity contribution in [2.24, 2.45) is 10.4 Å². The van der Waals surface area contributed by atoms with Gasteiger partial charge in [0.25, 0.3) is 0 Å². The van der Waals surface area contributed by atoms with Crippen LogP contribution in [0, 0.1) is 5.41 Å². The van der Waals surface area contributed by atoms with Gasteiger partial charge in [0.2, 0.25) is 0 Å². The first-order chi connectivity index (χ1) is 12.2. The number of aromatic nitrogens is 1. The monoisotopic (exact) mass is 476 g/mol. The Morgan fingerprint density at radius 1 is 1.35 bits per heavy atom. The zero-order chi connectivity index (χ0) is 17.7. The Hall–Kier alpha value is -0.830. The number of hydrogen-bond donors (Lipinski definition) is 1. The Labute approximate surface area is 174 Å². The zero-order valence-corrected chi connectivity index (χ0v) is 18.6. The van der Waals surface area contributed by atoms with Gasteiger partial charge in [-0.3, -0.25) is 0 Å². The molecule has 7 heteroatoms. The maximum Gasteiger partial charge on any atom is 0.194 e. The molecule has 1 unspecified atom stereocenters. The molecular formula is C19H33IN4O2. The minimum Gasteiger partial charge on any atom is -0.381 e. The smallest absolute Gasteiger partial charge is 0.194 e. The van der Waals surface area contributed by atoms with Crippen molar-refractivity contribution in [3.8, 4) is 0 Å². The van der Waals surface area contributed by atoms with Gasteiger partial charge in [-0.15, -0.1) is 24.0 Å². The van der Waals surface area contributed by atoms with Crippen LogP contribution in [0.5, 0.6) is 0 Å². The highest BCUT2D eigenvalue weighted by molar-refractivity contribution is 14.0. The van der Waals surface area contributed by atoms with Crippen LogP contribution in [0.1, 0.15) is 63.8 Å². The van der Waals surface area contributed by atoms with Gasteiger partial charge >= 0.3 is 0 Å². The van der Waals surface area contributed by atoms with Crippen molar-refractivity contribution >= 4 is 29.9 Å². The molecule has 0 aliphatic carbocycles. The third kappa shape index (κ3) is 4.91. The van der Waals surface area contributed by atoms with Crippen molar-refractivity contribution < 1.29 is 9.26 Å². The van der Waals surface area contributed by atoms with Crippen molar-refractivity contribution in [3.63, 3.8) is 0 Å². The molecule has 1 spiro atoms. The molecule has 2 fully saturated rings. The molecule has 0 radical (unpaired) electrons. The second-order valence-electron chi connectivity index (χ2n) is 7.38. The summed E-state index contributed by atoms with van der Waals surface area (Å²) in [4.78, 5) is 7.17. The van der Waals surface area contributed by atoms with E-state index in [2.05, 4.69) is 42.2 Å². The number of likely N-dealkylation sites (tertiary alicyclic amines) is 1. The predicted molar refractivity (Wildman–Crippen MR) is 114 cm³/mol. The van der Waals surface area contributed by atoms with E-state index in [1.165, 1.54) is 12.8 Å². The summed E-state index contributed by atoms with van der Waals surface area (Å²) in [6, 6.07) is 2.07. The third-order valence-corrected chi connectivity index (χ3v) is 5.62. The number of guanidine groups is 1. The predicted octanol–water partition coefficient (Wildman–Crippen LogP) is 3.77. The number of nitrogens with zero attached hydrogens (tertiary/aromatic N) is 3. The Balaban J connectivity index is 0.00000243.